The highest BCUT2D eigenvalue weighted by atomic mass is 16.5. The molecule has 0 atom stereocenters. The molecule has 132 valence electrons. The van der Waals surface area contributed by atoms with E-state index in [-0.39, 0.29) is 12.2 Å². The Bertz CT molecular complexity index is 956. The molecule has 5 nitrogen and oxygen atoms in total. The Morgan fingerprint density at radius 2 is 1.69 bits per heavy atom. The maximum Gasteiger partial charge on any atom is 0.351 e. The van der Waals surface area contributed by atoms with Gasteiger partial charge in [-0.3, -0.25) is 0 Å². The van der Waals surface area contributed by atoms with Gasteiger partial charge in [0.15, 0.2) is 5.56 Å². The van der Waals surface area contributed by atoms with Crippen LogP contribution in [0.4, 0.5) is 0 Å². The van der Waals surface area contributed by atoms with Crippen LogP contribution in [0.5, 0.6) is 5.75 Å². The fourth-order valence-corrected chi connectivity index (χ4v) is 2.63. The quantitative estimate of drug-likeness (QED) is 0.647. The Morgan fingerprint density at radius 1 is 1.00 bits per heavy atom. The van der Waals surface area contributed by atoms with E-state index >= 15 is 0 Å². The normalized spacial score (nSPS) is 10.4. The molecule has 0 saturated carbocycles. The first kappa shape index (κ1) is 17.5. The van der Waals surface area contributed by atoms with Crippen molar-refractivity contribution in [2.75, 3.05) is 13.7 Å². The number of carbonyl (C=O) groups is 1. The van der Waals surface area contributed by atoms with Gasteiger partial charge < -0.3 is 13.9 Å². The minimum Gasteiger partial charge on any atom is -0.497 e. The average molecular weight is 350 g/mol. The third-order valence-electron chi connectivity index (χ3n) is 3.89. The molecule has 3 rings (SSSR count). The van der Waals surface area contributed by atoms with E-state index in [1.165, 1.54) is 0 Å². The maximum atomic E-state index is 12.6. The standard InChI is InChI=1S/C21H18O5/c1-3-25-20(22)19-17(14-7-5-4-6-8-14)13-18(26-21(19)23)15-9-11-16(24-2)12-10-15/h4-13H,3H2,1-2H3. The summed E-state index contributed by atoms with van der Waals surface area (Å²) in [6.07, 6.45) is 0. The van der Waals surface area contributed by atoms with Crippen molar-refractivity contribution < 1.29 is 18.7 Å². The molecule has 5 heteroatoms. The molecule has 0 aliphatic rings. The Kier molecular flexibility index (Phi) is 5.17. The molecule has 0 unspecified atom stereocenters. The number of ether oxygens (including phenoxy) is 2. The first-order valence-corrected chi connectivity index (χ1v) is 8.19. The predicted molar refractivity (Wildman–Crippen MR) is 98.4 cm³/mol. The fraction of sp³-hybridized carbons (Fsp3) is 0.143. The fourth-order valence-electron chi connectivity index (χ4n) is 2.63. The van der Waals surface area contributed by atoms with E-state index in [0.29, 0.717) is 22.6 Å². The van der Waals surface area contributed by atoms with Gasteiger partial charge in [-0.25, -0.2) is 9.59 Å². The highest BCUT2D eigenvalue weighted by Gasteiger charge is 2.22. The molecule has 1 heterocycles. The van der Waals surface area contributed by atoms with Crippen molar-refractivity contribution in [3.8, 4) is 28.2 Å². The van der Waals surface area contributed by atoms with E-state index in [9.17, 15) is 9.59 Å². The smallest absolute Gasteiger partial charge is 0.351 e. The Balaban J connectivity index is 2.18. The molecule has 1 aromatic heterocycles. The summed E-state index contributed by atoms with van der Waals surface area (Å²) in [7, 11) is 1.58. The second-order valence-electron chi connectivity index (χ2n) is 5.50. The summed E-state index contributed by atoms with van der Waals surface area (Å²) >= 11 is 0. The van der Waals surface area contributed by atoms with Crippen molar-refractivity contribution in [3.05, 3.63) is 76.6 Å². The lowest BCUT2D eigenvalue weighted by Crippen LogP contribution is -2.18. The van der Waals surface area contributed by atoms with Crippen molar-refractivity contribution in [2.24, 2.45) is 0 Å². The summed E-state index contributed by atoms with van der Waals surface area (Å²) in [6.45, 7) is 1.86. The molecule has 0 saturated heterocycles. The number of carbonyl (C=O) groups excluding carboxylic acids is 1. The van der Waals surface area contributed by atoms with Crippen LogP contribution in [0.1, 0.15) is 17.3 Å². The van der Waals surface area contributed by atoms with Crippen LogP contribution in [0.25, 0.3) is 22.5 Å². The lowest BCUT2D eigenvalue weighted by atomic mass is 9.99. The van der Waals surface area contributed by atoms with Crippen molar-refractivity contribution in [3.63, 3.8) is 0 Å². The van der Waals surface area contributed by atoms with Gasteiger partial charge in [-0.1, -0.05) is 30.3 Å². The second kappa shape index (κ2) is 7.70. The van der Waals surface area contributed by atoms with E-state index in [2.05, 4.69) is 0 Å². The molecule has 0 N–H and O–H groups in total. The van der Waals surface area contributed by atoms with Crippen LogP contribution in [-0.4, -0.2) is 19.7 Å². The largest absolute Gasteiger partial charge is 0.497 e. The highest BCUT2D eigenvalue weighted by Crippen LogP contribution is 2.29. The van der Waals surface area contributed by atoms with Gasteiger partial charge in [0.05, 0.1) is 13.7 Å². The minimum atomic E-state index is -0.726. The molecule has 3 aromatic rings. The molecule has 0 spiro atoms. The van der Waals surface area contributed by atoms with Crippen LogP contribution >= 0.6 is 0 Å². The molecular formula is C21H18O5. The van der Waals surface area contributed by atoms with Crippen LogP contribution < -0.4 is 10.4 Å². The third kappa shape index (κ3) is 3.52. The summed E-state index contributed by atoms with van der Waals surface area (Å²) in [5, 5.41) is 0. The number of methoxy groups -OCH3 is 1. The summed E-state index contributed by atoms with van der Waals surface area (Å²) in [5.41, 5.74) is 1.09. The van der Waals surface area contributed by atoms with Crippen LogP contribution in [0.15, 0.2) is 69.9 Å². The predicted octanol–water partition coefficient (Wildman–Crippen LogP) is 4.16. The highest BCUT2D eigenvalue weighted by molar-refractivity contribution is 5.97. The van der Waals surface area contributed by atoms with E-state index in [1.807, 2.05) is 30.3 Å². The van der Waals surface area contributed by atoms with E-state index < -0.39 is 11.6 Å². The first-order chi connectivity index (χ1) is 12.6. The Hall–Kier alpha value is -3.34. The summed E-state index contributed by atoms with van der Waals surface area (Å²) in [6, 6.07) is 18.0. The van der Waals surface area contributed by atoms with Crippen LogP contribution in [-0.2, 0) is 4.74 Å². The first-order valence-electron chi connectivity index (χ1n) is 8.19. The SMILES string of the molecule is CCOC(=O)c1c(-c2ccccc2)cc(-c2ccc(OC)cc2)oc1=O. The zero-order valence-corrected chi connectivity index (χ0v) is 14.5. The lowest BCUT2D eigenvalue weighted by Gasteiger charge is -2.10. The summed E-state index contributed by atoms with van der Waals surface area (Å²) in [4.78, 5) is 24.8. The van der Waals surface area contributed by atoms with Gasteiger partial charge in [0.2, 0.25) is 0 Å². The van der Waals surface area contributed by atoms with E-state index in [4.69, 9.17) is 13.9 Å². The Labute approximate surface area is 150 Å². The molecule has 0 bridgehead atoms. The van der Waals surface area contributed by atoms with Crippen molar-refractivity contribution in [1.82, 2.24) is 0 Å². The topological polar surface area (TPSA) is 65.7 Å². The minimum absolute atomic E-state index is 0.102. The Morgan fingerprint density at radius 3 is 2.31 bits per heavy atom. The second-order valence-corrected chi connectivity index (χ2v) is 5.50. The van der Waals surface area contributed by atoms with Gasteiger partial charge in [-0.2, -0.15) is 0 Å². The zero-order valence-electron chi connectivity index (χ0n) is 14.5. The zero-order chi connectivity index (χ0) is 18.5. The molecule has 0 aliphatic carbocycles. The van der Waals surface area contributed by atoms with Crippen LogP contribution in [0.3, 0.4) is 0 Å². The van der Waals surface area contributed by atoms with Gasteiger partial charge >= 0.3 is 11.6 Å². The van der Waals surface area contributed by atoms with Gasteiger partial charge in [0, 0.05) is 11.1 Å². The van der Waals surface area contributed by atoms with Gasteiger partial charge in [-0.15, -0.1) is 0 Å². The van der Waals surface area contributed by atoms with Crippen molar-refractivity contribution in [1.29, 1.82) is 0 Å². The summed E-state index contributed by atoms with van der Waals surface area (Å²) < 4.78 is 15.6. The number of hydrogen-bond acceptors (Lipinski definition) is 5. The molecule has 26 heavy (non-hydrogen) atoms. The molecule has 0 aliphatic heterocycles. The molecular weight excluding hydrogens is 332 g/mol. The lowest BCUT2D eigenvalue weighted by molar-refractivity contribution is 0.0522. The van der Waals surface area contributed by atoms with Crippen LogP contribution in [0.2, 0.25) is 0 Å². The number of benzene rings is 2. The van der Waals surface area contributed by atoms with Gasteiger partial charge in [0.1, 0.15) is 11.5 Å². The van der Waals surface area contributed by atoms with Gasteiger partial charge in [0.25, 0.3) is 0 Å². The molecule has 0 radical (unpaired) electrons. The van der Waals surface area contributed by atoms with Gasteiger partial charge in [-0.05, 0) is 42.8 Å². The summed E-state index contributed by atoms with van der Waals surface area (Å²) in [5.74, 6) is 0.369. The monoisotopic (exact) mass is 350 g/mol. The third-order valence-corrected chi connectivity index (χ3v) is 3.89. The number of rotatable bonds is 5. The molecule has 0 fully saturated rings. The average Bonchev–Trinajstić information content (AvgIpc) is 2.68. The van der Waals surface area contributed by atoms with E-state index in [1.54, 1.807) is 44.4 Å². The molecule has 0 amide bonds. The number of hydrogen-bond donors (Lipinski definition) is 0. The van der Waals surface area contributed by atoms with Crippen LogP contribution in [0, 0.1) is 0 Å². The number of esters is 1. The van der Waals surface area contributed by atoms with Crippen molar-refractivity contribution in [2.45, 2.75) is 6.92 Å². The van der Waals surface area contributed by atoms with E-state index in [0.717, 1.165) is 5.56 Å². The maximum absolute atomic E-state index is 12.6. The molecule has 2 aromatic carbocycles. The van der Waals surface area contributed by atoms with Crippen molar-refractivity contribution >= 4 is 5.97 Å².